The summed E-state index contributed by atoms with van der Waals surface area (Å²) in [6, 6.07) is -0.0805. The Morgan fingerprint density at radius 3 is 2.62 bits per heavy atom. The molecule has 0 bridgehead atoms. The number of rotatable bonds is 3. The van der Waals surface area contributed by atoms with Crippen LogP contribution in [0, 0.1) is 0 Å². The van der Waals surface area contributed by atoms with Gasteiger partial charge in [-0.1, -0.05) is 23.8 Å². The van der Waals surface area contributed by atoms with Crippen molar-refractivity contribution >= 4 is 21.6 Å². The first-order chi connectivity index (χ1) is 7.50. The minimum atomic E-state index is -3.61. The zero-order valence-electron chi connectivity index (χ0n) is 8.72. The predicted molar refractivity (Wildman–Crippen MR) is 60.7 cm³/mol. The average molecular weight is 262 g/mol. The quantitative estimate of drug-likeness (QED) is 0.828. The van der Waals surface area contributed by atoms with Crippen LogP contribution in [0.5, 0.6) is 0 Å². The Hall–Kier alpha value is -0.850. The molecule has 0 amide bonds. The molecule has 16 heavy (non-hydrogen) atoms. The highest BCUT2D eigenvalue weighted by Crippen LogP contribution is 2.20. The predicted octanol–water partition coefficient (Wildman–Crippen LogP) is 1.07. The molecule has 1 N–H and O–H groups in total. The highest BCUT2D eigenvalue weighted by atomic mass is 35.5. The number of sulfonamides is 1. The Kier molecular flexibility index (Phi) is 3.05. The van der Waals surface area contributed by atoms with Gasteiger partial charge in [-0.3, -0.25) is 0 Å². The van der Waals surface area contributed by atoms with Crippen LogP contribution in [0.2, 0.25) is 5.15 Å². The lowest BCUT2D eigenvalue weighted by molar-refractivity contribution is 0.554. The molecular formula is C9H12ClN3O2S. The van der Waals surface area contributed by atoms with Crippen LogP contribution in [-0.2, 0) is 17.1 Å². The van der Waals surface area contributed by atoms with Crippen molar-refractivity contribution in [1.82, 2.24) is 14.3 Å². The lowest BCUT2D eigenvalue weighted by Gasteiger charge is -2.11. The molecule has 7 heteroatoms. The fourth-order valence-corrected chi connectivity index (χ4v) is 3.25. The average Bonchev–Trinajstić information content (AvgIpc) is 2.78. The molecule has 0 fully saturated rings. The van der Waals surface area contributed by atoms with Crippen molar-refractivity contribution in [3.8, 4) is 0 Å². The van der Waals surface area contributed by atoms with Crippen molar-refractivity contribution in [2.24, 2.45) is 7.05 Å². The molecular weight excluding hydrogens is 250 g/mol. The maximum Gasteiger partial charge on any atom is 0.261 e. The molecule has 0 atom stereocenters. The van der Waals surface area contributed by atoms with Crippen LogP contribution in [-0.4, -0.2) is 24.0 Å². The van der Waals surface area contributed by atoms with Crippen LogP contribution in [0.4, 0.5) is 0 Å². The van der Waals surface area contributed by atoms with Crippen LogP contribution in [0.25, 0.3) is 0 Å². The van der Waals surface area contributed by atoms with Crippen LogP contribution in [0.3, 0.4) is 0 Å². The molecule has 0 spiro atoms. The van der Waals surface area contributed by atoms with Crippen molar-refractivity contribution in [3.63, 3.8) is 0 Å². The zero-order chi connectivity index (χ0) is 11.8. The SMILES string of the molecule is Cn1cnc(S(=O)(=O)NC2CC=CC2)c1Cl. The monoisotopic (exact) mass is 261 g/mol. The van der Waals surface area contributed by atoms with E-state index >= 15 is 0 Å². The van der Waals surface area contributed by atoms with E-state index in [2.05, 4.69) is 9.71 Å². The van der Waals surface area contributed by atoms with E-state index in [-0.39, 0.29) is 16.2 Å². The normalized spacial score (nSPS) is 17.1. The number of aromatic nitrogens is 2. The van der Waals surface area contributed by atoms with Gasteiger partial charge in [-0.2, -0.15) is 0 Å². The van der Waals surface area contributed by atoms with Gasteiger partial charge in [0.25, 0.3) is 10.0 Å². The van der Waals surface area contributed by atoms with E-state index in [4.69, 9.17) is 11.6 Å². The van der Waals surface area contributed by atoms with Gasteiger partial charge in [-0.25, -0.2) is 18.1 Å². The Morgan fingerprint density at radius 2 is 2.12 bits per heavy atom. The minimum Gasteiger partial charge on any atom is -0.324 e. The first-order valence-electron chi connectivity index (χ1n) is 4.85. The van der Waals surface area contributed by atoms with E-state index in [9.17, 15) is 8.42 Å². The van der Waals surface area contributed by atoms with Gasteiger partial charge in [0, 0.05) is 13.1 Å². The van der Waals surface area contributed by atoms with Gasteiger partial charge in [0.2, 0.25) is 5.03 Å². The van der Waals surface area contributed by atoms with Crippen molar-refractivity contribution in [2.75, 3.05) is 0 Å². The van der Waals surface area contributed by atoms with Crippen molar-refractivity contribution in [3.05, 3.63) is 23.6 Å². The molecule has 5 nitrogen and oxygen atoms in total. The number of hydrogen-bond acceptors (Lipinski definition) is 3. The Balaban J connectivity index is 2.22. The van der Waals surface area contributed by atoms with Crippen molar-refractivity contribution in [2.45, 2.75) is 23.9 Å². The second-order valence-electron chi connectivity index (χ2n) is 3.71. The maximum absolute atomic E-state index is 11.9. The second-order valence-corrected chi connectivity index (χ2v) is 5.70. The maximum atomic E-state index is 11.9. The second kappa shape index (κ2) is 4.20. The summed E-state index contributed by atoms with van der Waals surface area (Å²) in [6.07, 6.45) is 6.71. The lowest BCUT2D eigenvalue weighted by atomic mass is 10.3. The summed E-state index contributed by atoms with van der Waals surface area (Å²) in [4.78, 5) is 3.79. The molecule has 0 aromatic carbocycles. The third kappa shape index (κ3) is 2.14. The number of nitrogens with one attached hydrogen (secondary N) is 1. The molecule has 1 aliphatic rings. The van der Waals surface area contributed by atoms with Gasteiger partial charge < -0.3 is 4.57 Å². The van der Waals surface area contributed by atoms with Crippen molar-refractivity contribution in [1.29, 1.82) is 0 Å². The largest absolute Gasteiger partial charge is 0.324 e. The van der Waals surface area contributed by atoms with Gasteiger partial charge in [0.1, 0.15) is 5.15 Å². The molecule has 0 saturated carbocycles. The van der Waals surface area contributed by atoms with E-state index < -0.39 is 10.0 Å². The fourth-order valence-electron chi connectivity index (χ4n) is 1.56. The molecule has 2 rings (SSSR count). The van der Waals surface area contributed by atoms with E-state index in [0.717, 1.165) is 0 Å². The van der Waals surface area contributed by atoms with Crippen LogP contribution < -0.4 is 4.72 Å². The van der Waals surface area contributed by atoms with E-state index in [1.807, 2.05) is 12.2 Å². The number of imidazole rings is 1. The molecule has 0 saturated heterocycles. The standard InChI is InChI=1S/C9H12ClN3O2S/c1-13-6-11-9(8(13)10)16(14,15)12-7-4-2-3-5-7/h2-3,6-7,12H,4-5H2,1H3. The number of nitrogens with zero attached hydrogens (tertiary/aromatic N) is 2. The van der Waals surface area contributed by atoms with E-state index in [1.165, 1.54) is 10.9 Å². The van der Waals surface area contributed by atoms with Crippen LogP contribution in [0.1, 0.15) is 12.8 Å². The summed E-state index contributed by atoms with van der Waals surface area (Å²) in [7, 11) is -1.96. The van der Waals surface area contributed by atoms with E-state index in [1.54, 1.807) is 7.05 Å². The first-order valence-corrected chi connectivity index (χ1v) is 6.71. The van der Waals surface area contributed by atoms with Gasteiger partial charge in [0.15, 0.2) is 0 Å². The summed E-state index contributed by atoms with van der Waals surface area (Å²) in [5.41, 5.74) is 0. The molecule has 1 heterocycles. The molecule has 0 radical (unpaired) electrons. The minimum absolute atomic E-state index is 0.0805. The molecule has 0 aliphatic heterocycles. The first kappa shape index (κ1) is 11.6. The van der Waals surface area contributed by atoms with Gasteiger partial charge in [-0.15, -0.1) is 0 Å². The van der Waals surface area contributed by atoms with Crippen LogP contribution >= 0.6 is 11.6 Å². The summed E-state index contributed by atoms with van der Waals surface area (Å²) < 4.78 is 27.9. The Labute approximate surface area is 99.2 Å². The molecule has 0 unspecified atom stereocenters. The highest BCUT2D eigenvalue weighted by Gasteiger charge is 2.25. The highest BCUT2D eigenvalue weighted by molar-refractivity contribution is 7.89. The zero-order valence-corrected chi connectivity index (χ0v) is 10.3. The van der Waals surface area contributed by atoms with Gasteiger partial charge in [-0.05, 0) is 12.8 Å². The summed E-state index contributed by atoms with van der Waals surface area (Å²) in [5.74, 6) is 0. The van der Waals surface area contributed by atoms with E-state index in [0.29, 0.717) is 12.8 Å². The number of aryl methyl sites for hydroxylation is 1. The Morgan fingerprint density at radius 1 is 1.50 bits per heavy atom. The smallest absolute Gasteiger partial charge is 0.261 e. The molecule has 88 valence electrons. The topological polar surface area (TPSA) is 64.0 Å². The Bertz CT molecular complexity index is 513. The summed E-state index contributed by atoms with van der Waals surface area (Å²) in [5, 5.41) is 0.0158. The third-order valence-electron chi connectivity index (χ3n) is 2.42. The van der Waals surface area contributed by atoms with Crippen LogP contribution in [0.15, 0.2) is 23.5 Å². The molecule has 1 aliphatic carbocycles. The van der Waals surface area contributed by atoms with Gasteiger partial charge in [0.05, 0.1) is 6.33 Å². The number of halogens is 1. The van der Waals surface area contributed by atoms with Gasteiger partial charge >= 0.3 is 0 Å². The summed E-state index contributed by atoms with van der Waals surface area (Å²) in [6.45, 7) is 0. The fraction of sp³-hybridized carbons (Fsp3) is 0.444. The lowest BCUT2D eigenvalue weighted by Crippen LogP contribution is -2.33. The molecule has 1 aromatic rings. The summed E-state index contributed by atoms with van der Waals surface area (Å²) >= 11 is 5.84. The molecule has 1 aromatic heterocycles. The van der Waals surface area contributed by atoms with Crippen molar-refractivity contribution < 1.29 is 8.42 Å². The third-order valence-corrected chi connectivity index (χ3v) is 4.43. The number of hydrogen-bond donors (Lipinski definition) is 1.